The Labute approximate surface area is 167 Å². The second kappa shape index (κ2) is 10.5. The first-order valence-corrected chi connectivity index (χ1v) is 9.62. The van der Waals surface area contributed by atoms with Gasteiger partial charge in [0.25, 0.3) is 0 Å². The molecule has 0 fully saturated rings. The van der Waals surface area contributed by atoms with E-state index >= 15 is 0 Å². The number of ether oxygens (including phenoxy) is 1. The number of methoxy groups -OCH3 is 1. The zero-order valence-corrected chi connectivity index (χ0v) is 17.1. The van der Waals surface area contributed by atoms with E-state index in [4.69, 9.17) is 4.74 Å². The van der Waals surface area contributed by atoms with Crippen LogP contribution in [0.3, 0.4) is 0 Å². The van der Waals surface area contributed by atoms with Gasteiger partial charge in [0.2, 0.25) is 11.8 Å². The third kappa shape index (κ3) is 6.41. The van der Waals surface area contributed by atoms with Crippen LogP contribution in [0.4, 0.5) is 0 Å². The van der Waals surface area contributed by atoms with E-state index in [1.54, 1.807) is 12.0 Å². The number of nitrogens with one attached hydrogen (secondary N) is 1. The maximum absolute atomic E-state index is 13.0. The quantitative estimate of drug-likeness (QED) is 0.723. The summed E-state index contributed by atoms with van der Waals surface area (Å²) >= 11 is 0. The van der Waals surface area contributed by atoms with Crippen molar-refractivity contribution in [3.05, 3.63) is 65.7 Å². The van der Waals surface area contributed by atoms with Gasteiger partial charge in [-0.3, -0.25) is 9.59 Å². The van der Waals surface area contributed by atoms with Crippen LogP contribution >= 0.6 is 0 Å². The van der Waals surface area contributed by atoms with Gasteiger partial charge in [-0.2, -0.15) is 0 Å². The lowest BCUT2D eigenvalue weighted by atomic mass is 10.0. The van der Waals surface area contributed by atoms with E-state index < -0.39 is 6.04 Å². The lowest BCUT2D eigenvalue weighted by Gasteiger charge is -2.30. The van der Waals surface area contributed by atoms with E-state index in [1.807, 2.05) is 68.4 Å². The maximum Gasteiger partial charge on any atom is 0.243 e. The minimum Gasteiger partial charge on any atom is -0.497 e. The van der Waals surface area contributed by atoms with Gasteiger partial charge >= 0.3 is 0 Å². The molecule has 2 aromatic rings. The van der Waals surface area contributed by atoms with Crippen molar-refractivity contribution >= 4 is 11.8 Å². The van der Waals surface area contributed by atoms with Crippen molar-refractivity contribution in [2.45, 2.75) is 39.8 Å². The number of hydrogen-bond donors (Lipinski definition) is 1. The molecule has 2 rings (SSSR count). The fraction of sp³-hybridized carbons (Fsp3) is 0.391. The van der Waals surface area contributed by atoms with E-state index in [0.717, 1.165) is 16.9 Å². The topological polar surface area (TPSA) is 58.6 Å². The number of carbonyl (C=O) groups excluding carboxylic acids is 2. The molecule has 5 nitrogen and oxygen atoms in total. The summed E-state index contributed by atoms with van der Waals surface area (Å²) < 4.78 is 5.20. The second-order valence-electron chi connectivity index (χ2n) is 7.34. The largest absolute Gasteiger partial charge is 0.497 e. The standard InChI is InChI=1S/C23H30N2O3/c1-17(2)15-24-23(27)22(14-19-8-6-5-7-9-19)25(18(3)26)16-20-10-12-21(28-4)13-11-20/h5-13,17,22H,14-16H2,1-4H3,(H,24,27)/t22-/m0/s1. The molecule has 2 aromatic carbocycles. The van der Waals surface area contributed by atoms with Crippen molar-refractivity contribution in [2.75, 3.05) is 13.7 Å². The molecule has 0 spiro atoms. The van der Waals surface area contributed by atoms with Crippen LogP contribution in [0.15, 0.2) is 54.6 Å². The van der Waals surface area contributed by atoms with Gasteiger partial charge in [-0.05, 0) is 29.2 Å². The van der Waals surface area contributed by atoms with Crippen LogP contribution in [0, 0.1) is 5.92 Å². The zero-order chi connectivity index (χ0) is 20.5. The molecule has 5 heteroatoms. The van der Waals surface area contributed by atoms with Gasteiger partial charge in [-0.1, -0.05) is 56.3 Å². The van der Waals surface area contributed by atoms with Gasteiger partial charge in [-0.25, -0.2) is 0 Å². The first kappa shape index (κ1) is 21.5. The molecule has 28 heavy (non-hydrogen) atoms. The molecule has 0 radical (unpaired) electrons. The van der Waals surface area contributed by atoms with Gasteiger partial charge in [0.05, 0.1) is 7.11 Å². The highest BCUT2D eigenvalue weighted by atomic mass is 16.5. The molecule has 0 aliphatic heterocycles. The Morgan fingerprint density at radius 2 is 1.64 bits per heavy atom. The van der Waals surface area contributed by atoms with Crippen LogP contribution < -0.4 is 10.1 Å². The van der Waals surface area contributed by atoms with Gasteiger partial charge < -0.3 is 15.0 Å². The van der Waals surface area contributed by atoms with E-state index in [-0.39, 0.29) is 11.8 Å². The monoisotopic (exact) mass is 382 g/mol. The average molecular weight is 383 g/mol. The van der Waals surface area contributed by atoms with Gasteiger partial charge in [0, 0.05) is 26.4 Å². The predicted molar refractivity (Wildman–Crippen MR) is 111 cm³/mol. The first-order valence-electron chi connectivity index (χ1n) is 9.62. The molecule has 0 unspecified atom stereocenters. The van der Waals surface area contributed by atoms with Crippen LogP contribution in [0.25, 0.3) is 0 Å². The molecule has 0 saturated carbocycles. The first-order chi connectivity index (χ1) is 13.4. The third-order valence-electron chi connectivity index (χ3n) is 4.55. The van der Waals surface area contributed by atoms with Gasteiger partial charge in [0.1, 0.15) is 11.8 Å². The minimum atomic E-state index is -0.569. The molecular formula is C23H30N2O3. The molecule has 2 amide bonds. The Morgan fingerprint density at radius 3 is 2.18 bits per heavy atom. The van der Waals surface area contributed by atoms with Crippen molar-refractivity contribution in [1.82, 2.24) is 10.2 Å². The summed E-state index contributed by atoms with van der Waals surface area (Å²) in [4.78, 5) is 27.1. The maximum atomic E-state index is 13.0. The molecular weight excluding hydrogens is 352 g/mol. The van der Waals surface area contributed by atoms with Gasteiger partial charge in [0.15, 0.2) is 0 Å². The minimum absolute atomic E-state index is 0.124. The van der Waals surface area contributed by atoms with Crippen molar-refractivity contribution in [3.8, 4) is 5.75 Å². The number of carbonyl (C=O) groups is 2. The second-order valence-corrected chi connectivity index (χ2v) is 7.34. The molecule has 1 N–H and O–H groups in total. The Kier molecular flexibility index (Phi) is 8.05. The van der Waals surface area contributed by atoms with E-state index in [9.17, 15) is 9.59 Å². The predicted octanol–water partition coefficient (Wildman–Crippen LogP) is 3.43. The Bertz CT molecular complexity index is 757. The molecule has 0 saturated heterocycles. The van der Waals surface area contributed by atoms with Crippen LogP contribution in [0.5, 0.6) is 5.75 Å². The zero-order valence-electron chi connectivity index (χ0n) is 17.1. The summed E-state index contributed by atoms with van der Waals surface area (Å²) in [5.74, 6) is 0.847. The molecule has 0 aliphatic rings. The number of rotatable bonds is 9. The Hall–Kier alpha value is -2.82. The SMILES string of the molecule is COc1ccc(CN(C(C)=O)[C@@H](Cc2ccccc2)C(=O)NCC(C)C)cc1. The number of benzene rings is 2. The number of nitrogens with zero attached hydrogens (tertiary/aromatic N) is 1. The Balaban J connectivity index is 2.26. The lowest BCUT2D eigenvalue weighted by molar-refractivity contribution is -0.139. The summed E-state index contributed by atoms with van der Waals surface area (Å²) in [6, 6.07) is 16.8. The molecule has 150 valence electrons. The number of amides is 2. The van der Waals surface area contributed by atoms with Crippen LogP contribution in [0.1, 0.15) is 31.9 Å². The fourth-order valence-electron chi connectivity index (χ4n) is 2.97. The van der Waals surface area contributed by atoms with Crippen molar-refractivity contribution < 1.29 is 14.3 Å². The normalized spacial score (nSPS) is 11.8. The van der Waals surface area contributed by atoms with Gasteiger partial charge in [-0.15, -0.1) is 0 Å². The van der Waals surface area contributed by atoms with Crippen LogP contribution in [-0.4, -0.2) is 36.4 Å². The van der Waals surface area contributed by atoms with Crippen molar-refractivity contribution in [1.29, 1.82) is 0 Å². The van der Waals surface area contributed by atoms with Crippen LogP contribution in [-0.2, 0) is 22.6 Å². The molecule has 0 aromatic heterocycles. The van der Waals surface area contributed by atoms with Crippen molar-refractivity contribution in [2.24, 2.45) is 5.92 Å². The highest BCUT2D eigenvalue weighted by Crippen LogP contribution is 2.17. The summed E-state index contributed by atoms with van der Waals surface area (Å²) in [6.45, 7) is 6.56. The lowest BCUT2D eigenvalue weighted by Crippen LogP contribution is -2.50. The summed E-state index contributed by atoms with van der Waals surface area (Å²) in [5.41, 5.74) is 1.97. The van der Waals surface area contributed by atoms with E-state index in [1.165, 1.54) is 6.92 Å². The molecule has 0 heterocycles. The molecule has 0 aliphatic carbocycles. The Morgan fingerprint density at radius 1 is 1.00 bits per heavy atom. The summed E-state index contributed by atoms with van der Waals surface area (Å²) in [5, 5.41) is 2.99. The molecule has 0 bridgehead atoms. The average Bonchev–Trinajstić information content (AvgIpc) is 2.69. The molecule has 1 atom stereocenters. The number of hydrogen-bond acceptors (Lipinski definition) is 3. The van der Waals surface area contributed by atoms with Crippen LogP contribution in [0.2, 0.25) is 0 Å². The highest BCUT2D eigenvalue weighted by molar-refractivity contribution is 5.87. The van der Waals surface area contributed by atoms with E-state index in [0.29, 0.717) is 25.4 Å². The third-order valence-corrected chi connectivity index (χ3v) is 4.55. The smallest absolute Gasteiger partial charge is 0.243 e. The van der Waals surface area contributed by atoms with E-state index in [2.05, 4.69) is 5.32 Å². The fourth-order valence-corrected chi connectivity index (χ4v) is 2.97. The summed E-state index contributed by atoms with van der Waals surface area (Å²) in [6.07, 6.45) is 0.473. The summed E-state index contributed by atoms with van der Waals surface area (Å²) in [7, 11) is 1.62. The highest BCUT2D eigenvalue weighted by Gasteiger charge is 2.28. The van der Waals surface area contributed by atoms with Crippen molar-refractivity contribution in [3.63, 3.8) is 0 Å².